The molecule has 1 rings (SSSR count). The lowest BCUT2D eigenvalue weighted by Crippen LogP contribution is -2.44. The summed E-state index contributed by atoms with van der Waals surface area (Å²) in [6, 6.07) is 0.755. The van der Waals surface area contributed by atoms with E-state index in [2.05, 4.69) is 51.7 Å². The highest BCUT2D eigenvalue weighted by Gasteiger charge is 2.34. The normalized spacial score (nSPS) is 28.6. The molecule has 1 nitrogen and oxygen atoms in total. The number of hydrogen-bond donors (Lipinski definition) is 1. The van der Waals surface area contributed by atoms with Crippen molar-refractivity contribution in [3.05, 3.63) is 0 Å². The minimum absolute atomic E-state index is 0.557. The summed E-state index contributed by atoms with van der Waals surface area (Å²) in [4.78, 5) is 0. The van der Waals surface area contributed by atoms with E-state index in [9.17, 15) is 0 Å². The molecule has 2 atom stereocenters. The second kappa shape index (κ2) is 7.04. The molecule has 2 unspecified atom stereocenters. The molecule has 0 aliphatic heterocycles. The molecular formula is C15H31NS. The Balaban J connectivity index is 2.43. The summed E-state index contributed by atoms with van der Waals surface area (Å²) >= 11 is 2.21. The lowest BCUT2D eigenvalue weighted by atomic mass is 9.75. The number of nitrogens with one attached hydrogen (secondary N) is 1. The van der Waals surface area contributed by atoms with Gasteiger partial charge < -0.3 is 5.32 Å². The second-order valence-corrected chi connectivity index (χ2v) is 8.01. The first-order valence-electron chi connectivity index (χ1n) is 7.29. The van der Waals surface area contributed by atoms with Crippen LogP contribution >= 0.6 is 11.8 Å². The van der Waals surface area contributed by atoms with Crippen molar-refractivity contribution in [1.82, 2.24) is 5.32 Å². The molecule has 0 heterocycles. The molecule has 0 amide bonds. The van der Waals surface area contributed by atoms with Gasteiger partial charge in [-0.2, -0.15) is 11.8 Å². The lowest BCUT2D eigenvalue weighted by Gasteiger charge is -2.41. The van der Waals surface area contributed by atoms with E-state index in [1.807, 2.05) is 0 Å². The third-order valence-electron chi connectivity index (χ3n) is 3.83. The van der Waals surface area contributed by atoms with E-state index < -0.39 is 0 Å². The maximum absolute atomic E-state index is 3.69. The van der Waals surface area contributed by atoms with Gasteiger partial charge in [0.25, 0.3) is 0 Å². The van der Waals surface area contributed by atoms with Crippen LogP contribution in [0.3, 0.4) is 0 Å². The molecule has 17 heavy (non-hydrogen) atoms. The zero-order valence-corrected chi connectivity index (χ0v) is 13.2. The quantitative estimate of drug-likeness (QED) is 0.760. The molecule has 0 saturated heterocycles. The molecular weight excluding hydrogens is 226 g/mol. The average molecular weight is 257 g/mol. The highest BCUT2D eigenvalue weighted by Crippen LogP contribution is 2.40. The van der Waals surface area contributed by atoms with Crippen LogP contribution in [0.15, 0.2) is 0 Å². The fourth-order valence-corrected chi connectivity index (χ4v) is 4.59. The number of thioether (sulfide) groups is 1. The summed E-state index contributed by atoms with van der Waals surface area (Å²) in [7, 11) is 0. The standard InChI is InChI=1S/C15H31NS/c1-6-16-13-7-9-15(4,5)11-14(13)17-10-8-12(2)3/h12-14,16H,6-11H2,1-5H3. The molecule has 2 heteroatoms. The van der Waals surface area contributed by atoms with Crippen LogP contribution in [0.1, 0.15) is 60.3 Å². The van der Waals surface area contributed by atoms with Gasteiger partial charge in [-0.1, -0.05) is 34.6 Å². The smallest absolute Gasteiger partial charge is 0.0206 e. The minimum Gasteiger partial charge on any atom is -0.313 e. The number of hydrogen-bond acceptors (Lipinski definition) is 2. The van der Waals surface area contributed by atoms with Crippen molar-refractivity contribution >= 4 is 11.8 Å². The third-order valence-corrected chi connectivity index (χ3v) is 5.22. The maximum atomic E-state index is 3.69. The molecule has 1 fully saturated rings. The predicted molar refractivity (Wildman–Crippen MR) is 80.8 cm³/mol. The maximum Gasteiger partial charge on any atom is 0.0206 e. The summed E-state index contributed by atoms with van der Waals surface area (Å²) in [5.74, 6) is 2.18. The van der Waals surface area contributed by atoms with Gasteiger partial charge in [0.1, 0.15) is 0 Å². The van der Waals surface area contributed by atoms with Crippen molar-refractivity contribution in [3.63, 3.8) is 0 Å². The van der Waals surface area contributed by atoms with Crippen LogP contribution in [-0.4, -0.2) is 23.6 Å². The molecule has 0 bridgehead atoms. The van der Waals surface area contributed by atoms with Crippen LogP contribution < -0.4 is 5.32 Å². The topological polar surface area (TPSA) is 12.0 Å². The van der Waals surface area contributed by atoms with Gasteiger partial charge in [0, 0.05) is 11.3 Å². The Hall–Kier alpha value is 0.310. The Labute approximate surface area is 113 Å². The van der Waals surface area contributed by atoms with Crippen LogP contribution in [0.2, 0.25) is 0 Å². The highest BCUT2D eigenvalue weighted by molar-refractivity contribution is 7.99. The van der Waals surface area contributed by atoms with Crippen LogP contribution in [0.25, 0.3) is 0 Å². The second-order valence-electron chi connectivity index (χ2n) is 6.66. The molecule has 1 saturated carbocycles. The molecule has 1 N–H and O–H groups in total. The van der Waals surface area contributed by atoms with E-state index >= 15 is 0 Å². The summed E-state index contributed by atoms with van der Waals surface area (Å²) in [6.45, 7) is 12.9. The van der Waals surface area contributed by atoms with E-state index in [1.54, 1.807) is 0 Å². The van der Waals surface area contributed by atoms with Gasteiger partial charge in [-0.05, 0) is 49.3 Å². The van der Waals surface area contributed by atoms with Crippen LogP contribution in [0.4, 0.5) is 0 Å². The molecule has 0 aromatic heterocycles. The zero-order chi connectivity index (χ0) is 12.9. The van der Waals surface area contributed by atoms with Crippen molar-refractivity contribution in [3.8, 4) is 0 Å². The van der Waals surface area contributed by atoms with Crippen molar-refractivity contribution in [2.24, 2.45) is 11.3 Å². The lowest BCUT2D eigenvalue weighted by molar-refractivity contribution is 0.215. The van der Waals surface area contributed by atoms with Gasteiger partial charge in [0.15, 0.2) is 0 Å². The van der Waals surface area contributed by atoms with Gasteiger partial charge in [0.05, 0.1) is 0 Å². The average Bonchev–Trinajstić information content (AvgIpc) is 2.21. The van der Waals surface area contributed by atoms with Gasteiger partial charge in [-0.3, -0.25) is 0 Å². The monoisotopic (exact) mass is 257 g/mol. The molecule has 102 valence electrons. The molecule has 0 radical (unpaired) electrons. The van der Waals surface area contributed by atoms with E-state index in [4.69, 9.17) is 0 Å². The molecule has 0 spiro atoms. The van der Waals surface area contributed by atoms with Crippen LogP contribution in [0.5, 0.6) is 0 Å². The first-order chi connectivity index (χ1) is 7.94. The van der Waals surface area contributed by atoms with Gasteiger partial charge in [-0.25, -0.2) is 0 Å². The minimum atomic E-state index is 0.557. The summed E-state index contributed by atoms with van der Waals surface area (Å²) in [5.41, 5.74) is 0.557. The predicted octanol–water partition coefficient (Wildman–Crippen LogP) is 4.32. The zero-order valence-electron chi connectivity index (χ0n) is 12.4. The SMILES string of the molecule is CCNC1CCC(C)(C)CC1SCCC(C)C. The Morgan fingerprint density at radius 2 is 2.06 bits per heavy atom. The first-order valence-corrected chi connectivity index (χ1v) is 8.34. The Kier molecular flexibility index (Phi) is 6.36. The van der Waals surface area contributed by atoms with Crippen LogP contribution in [0, 0.1) is 11.3 Å². The molecule has 1 aliphatic rings. The van der Waals surface area contributed by atoms with Crippen molar-refractivity contribution < 1.29 is 0 Å². The van der Waals surface area contributed by atoms with E-state index in [0.29, 0.717) is 5.41 Å². The summed E-state index contributed by atoms with van der Waals surface area (Å²) < 4.78 is 0. The Morgan fingerprint density at radius 3 is 2.65 bits per heavy atom. The summed E-state index contributed by atoms with van der Waals surface area (Å²) in [6.07, 6.45) is 5.49. The molecule has 0 aromatic carbocycles. The van der Waals surface area contributed by atoms with Crippen LogP contribution in [-0.2, 0) is 0 Å². The van der Waals surface area contributed by atoms with Gasteiger partial charge in [0.2, 0.25) is 0 Å². The van der Waals surface area contributed by atoms with E-state index in [1.165, 1.54) is 31.4 Å². The fraction of sp³-hybridized carbons (Fsp3) is 1.00. The number of rotatable bonds is 6. The first kappa shape index (κ1) is 15.4. The van der Waals surface area contributed by atoms with Crippen molar-refractivity contribution in [1.29, 1.82) is 0 Å². The largest absolute Gasteiger partial charge is 0.313 e. The van der Waals surface area contributed by atoms with Gasteiger partial charge >= 0.3 is 0 Å². The van der Waals surface area contributed by atoms with E-state index in [-0.39, 0.29) is 0 Å². The Bertz CT molecular complexity index is 213. The fourth-order valence-electron chi connectivity index (χ4n) is 2.65. The Morgan fingerprint density at radius 1 is 1.35 bits per heavy atom. The third kappa shape index (κ3) is 5.65. The van der Waals surface area contributed by atoms with Gasteiger partial charge in [-0.15, -0.1) is 0 Å². The molecule has 1 aliphatic carbocycles. The van der Waals surface area contributed by atoms with Crippen molar-refractivity contribution in [2.45, 2.75) is 71.6 Å². The molecule has 0 aromatic rings. The summed E-state index contributed by atoms with van der Waals surface area (Å²) in [5, 5.41) is 4.52. The van der Waals surface area contributed by atoms with Crippen molar-refractivity contribution in [2.75, 3.05) is 12.3 Å². The van der Waals surface area contributed by atoms with E-state index in [0.717, 1.165) is 23.8 Å². The highest BCUT2D eigenvalue weighted by atomic mass is 32.2.